The van der Waals surface area contributed by atoms with Crippen LogP contribution in [-0.2, 0) is 15.7 Å². The number of carboxylic acid groups (broad SMARTS) is 1. The van der Waals surface area contributed by atoms with E-state index in [0.29, 0.717) is 11.3 Å². The predicted molar refractivity (Wildman–Crippen MR) is 57.9 cm³/mol. The number of ether oxygens (including phenoxy) is 1. The molecule has 1 amide bonds. The molecule has 0 unspecified atom stereocenters. The van der Waals surface area contributed by atoms with Gasteiger partial charge in [0.2, 0.25) is 0 Å². The summed E-state index contributed by atoms with van der Waals surface area (Å²) in [7, 11) is 0. The standard InChI is InChI=1S/C9H9F3N2O4S/c10-9(11,12)8-14-5(4-19-8)7(17)13-1-2-18-3-6(15)16/h4H,1-3H2,(H,13,17)(H,15,16). The third-order valence-corrected chi connectivity index (χ3v) is 2.62. The third kappa shape index (κ3) is 5.22. The number of hydrogen-bond acceptors (Lipinski definition) is 5. The Balaban J connectivity index is 2.38. The van der Waals surface area contributed by atoms with Crippen LogP contribution in [0.3, 0.4) is 0 Å². The molecule has 0 fully saturated rings. The quantitative estimate of drug-likeness (QED) is 0.765. The fourth-order valence-electron chi connectivity index (χ4n) is 0.995. The highest BCUT2D eigenvalue weighted by Gasteiger charge is 2.35. The maximum atomic E-state index is 12.2. The zero-order valence-corrected chi connectivity index (χ0v) is 10.2. The number of thiazole rings is 1. The van der Waals surface area contributed by atoms with Gasteiger partial charge in [-0.05, 0) is 0 Å². The Morgan fingerprint density at radius 2 is 2.16 bits per heavy atom. The first-order valence-corrected chi connectivity index (χ1v) is 5.79. The second-order valence-corrected chi connectivity index (χ2v) is 4.10. The lowest BCUT2D eigenvalue weighted by atomic mass is 10.4. The van der Waals surface area contributed by atoms with Crippen molar-refractivity contribution in [2.45, 2.75) is 6.18 Å². The van der Waals surface area contributed by atoms with E-state index in [2.05, 4.69) is 15.0 Å². The van der Waals surface area contributed by atoms with Crippen LogP contribution in [0.25, 0.3) is 0 Å². The van der Waals surface area contributed by atoms with Crippen molar-refractivity contribution in [1.29, 1.82) is 0 Å². The Morgan fingerprint density at radius 1 is 1.47 bits per heavy atom. The number of alkyl halides is 3. The predicted octanol–water partition coefficient (Wildman–Crippen LogP) is 0.993. The zero-order valence-electron chi connectivity index (χ0n) is 9.36. The number of hydrogen-bond donors (Lipinski definition) is 2. The molecule has 1 heterocycles. The van der Waals surface area contributed by atoms with Gasteiger partial charge in [-0.1, -0.05) is 0 Å². The third-order valence-electron chi connectivity index (χ3n) is 1.74. The lowest BCUT2D eigenvalue weighted by Gasteiger charge is -2.03. The van der Waals surface area contributed by atoms with Crippen molar-refractivity contribution in [2.24, 2.45) is 0 Å². The molecule has 0 aliphatic rings. The summed E-state index contributed by atoms with van der Waals surface area (Å²) in [4.78, 5) is 24.6. The first kappa shape index (κ1) is 15.4. The van der Waals surface area contributed by atoms with Crippen molar-refractivity contribution in [1.82, 2.24) is 10.3 Å². The van der Waals surface area contributed by atoms with Gasteiger partial charge in [0.15, 0.2) is 5.01 Å². The van der Waals surface area contributed by atoms with E-state index in [0.717, 1.165) is 5.38 Å². The van der Waals surface area contributed by atoms with E-state index < -0.39 is 29.7 Å². The number of amides is 1. The number of carbonyl (C=O) groups excluding carboxylic acids is 1. The fraction of sp³-hybridized carbons (Fsp3) is 0.444. The zero-order chi connectivity index (χ0) is 14.5. The molecular formula is C9H9F3N2O4S. The molecule has 1 rings (SSSR count). The van der Waals surface area contributed by atoms with Gasteiger partial charge < -0.3 is 15.2 Å². The maximum absolute atomic E-state index is 12.2. The van der Waals surface area contributed by atoms with Gasteiger partial charge >= 0.3 is 12.1 Å². The van der Waals surface area contributed by atoms with Gasteiger partial charge in [0, 0.05) is 11.9 Å². The Kier molecular flexibility index (Phi) is 5.24. The second kappa shape index (κ2) is 6.48. The molecule has 1 aromatic rings. The van der Waals surface area contributed by atoms with Gasteiger partial charge in [-0.25, -0.2) is 9.78 Å². The highest BCUT2D eigenvalue weighted by Crippen LogP contribution is 2.31. The van der Waals surface area contributed by atoms with Crippen LogP contribution in [0.1, 0.15) is 15.5 Å². The molecule has 0 aliphatic carbocycles. The van der Waals surface area contributed by atoms with Crippen LogP contribution in [0.15, 0.2) is 5.38 Å². The SMILES string of the molecule is O=C(O)COCCNC(=O)c1csc(C(F)(F)F)n1. The summed E-state index contributed by atoms with van der Waals surface area (Å²) in [6.07, 6.45) is -4.58. The molecule has 0 aliphatic heterocycles. The van der Waals surface area contributed by atoms with Crippen molar-refractivity contribution in [3.63, 3.8) is 0 Å². The first-order valence-electron chi connectivity index (χ1n) is 4.91. The second-order valence-electron chi connectivity index (χ2n) is 3.24. The number of halogens is 3. The average Bonchev–Trinajstić information content (AvgIpc) is 2.76. The number of nitrogens with zero attached hydrogens (tertiary/aromatic N) is 1. The van der Waals surface area contributed by atoms with Crippen LogP contribution >= 0.6 is 11.3 Å². The number of aliphatic carboxylic acids is 1. The minimum atomic E-state index is -4.58. The Hall–Kier alpha value is -1.68. The average molecular weight is 298 g/mol. The highest BCUT2D eigenvalue weighted by molar-refractivity contribution is 7.09. The molecule has 0 spiro atoms. The van der Waals surface area contributed by atoms with E-state index in [1.165, 1.54) is 0 Å². The van der Waals surface area contributed by atoms with Gasteiger partial charge in [-0.15, -0.1) is 11.3 Å². The normalized spacial score (nSPS) is 11.3. The molecule has 0 atom stereocenters. The van der Waals surface area contributed by atoms with Crippen LogP contribution in [0, 0.1) is 0 Å². The number of rotatable bonds is 6. The van der Waals surface area contributed by atoms with Crippen molar-refractivity contribution in [3.05, 3.63) is 16.1 Å². The molecule has 10 heteroatoms. The van der Waals surface area contributed by atoms with Crippen LogP contribution in [0.2, 0.25) is 0 Å². The van der Waals surface area contributed by atoms with Crippen molar-refractivity contribution < 1.29 is 32.6 Å². The van der Waals surface area contributed by atoms with Crippen molar-refractivity contribution >= 4 is 23.2 Å². The number of nitrogens with one attached hydrogen (secondary N) is 1. The van der Waals surface area contributed by atoms with E-state index in [1.807, 2.05) is 0 Å². The lowest BCUT2D eigenvalue weighted by Crippen LogP contribution is -2.28. The van der Waals surface area contributed by atoms with E-state index in [4.69, 9.17) is 5.11 Å². The summed E-state index contributed by atoms with van der Waals surface area (Å²) in [5.74, 6) is -1.92. The largest absolute Gasteiger partial charge is 0.480 e. The molecule has 0 saturated heterocycles. The fourth-order valence-corrected chi connectivity index (χ4v) is 1.66. The monoisotopic (exact) mass is 298 g/mol. The van der Waals surface area contributed by atoms with E-state index in [9.17, 15) is 22.8 Å². The maximum Gasteiger partial charge on any atom is 0.443 e. The lowest BCUT2D eigenvalue weighted by molar-refractivity contribution is -0.142. The first-order chi connectivity index (χ1) is 8.80. The molecule has 0 radical (unpaired) electrons. The van der Waals surface area contributed by atoms with Crippen LogP contribution in [0.4, 0.5) is 13.2 Å². The van der Waals surface area contributed by atoms with Crippen LogP contribution in [-0.4, -0.2) is 41.7 Å². The minimum absolute atomic E-state index is 0.0228. The van der Waals surface area contributed by atoms with Crippen LogP contribution < -0.4 is 5.32 Å². The summed E-state index contributed by atoms with van der Waals surface area (Å²) in [6, 6.07) is 0. The summed E-state index contributed by atoms with van der Waals surface area (Å²) >= 11 is 0.327. The van der Waals surface area contributed by atoms with Gasteiger partial charge in [0.05, 0.1) is 6.61 Å². The van der Waals surface area contributed by atoms with E-state index in [1.54, 1.807) is 0 Å². The Labute approximate surface area is 109 Å². The number of carboxylic acids is 1. The van der Waals surface area contributed by atoms with Crippen molar-refractivity contribution in [3.8, 4) is 0 Å². The molecule has 2 N–H and O–H groups in total. The number of carbonyl (C=O) groups is 2. The smallest absolute Gasteiger partial charge is 0.443 e. The molecule has 19 heavy (non-hydrogen) atoms. The van der Waals surface area contributed by atoms with Crippen LogP contribution in [0.5, 0.6) is 0 Å². The molecule has 0 aromatic carbocycles. The molecule has 6 nitrogen and oxygen atoms in total. The summed E-state index contributed by atoms with van der Waals surface area (Å²) in [5.41, 5.74) is -0.337. The van der Waals surface area contributed by atoms with E-state index >= 15 is 0 Å². The Morgan fingerprint density at radius 3 is 2.68 bits per heavy atom. The molecule has 106 valence electrons. The molecule has 0 saturated carbocycles. The topological polar surface area (TPSA) is 88.5 Å². The van der Waals surface area contributed by atoms with Crippen molar-refractivity contribution in [2.75, 3.05) is 19.8 Å². The summed E-state index contributed by atoms with van der Waals surface area (Å²) in [5, 5.41) is 10.4. The van der Waals surface area contributed by atoms with Gasteiger partial charge in [0.1, 0.15) is 12.3 Å². The van der Waals surface area contributed by atoms with Gasteiger partial charge in [-0.3, -0.25) is 4.79 Å². The van der Waals surface area contributed by atoms with Gasteiger partial charge in [-0.2, -0.15) is 13.2 Å². The summed E-state index contributed by atoms with van der Waals surface area (Å²) in [6.45, 7) is -0.593. The molecule has 0 bridgehead atoms. The molecular weight excluding hydrogens is 289 g/mol. The Bertz CT molecular complexity index is 461. The highest BCUT2D eigenvalue weighted by atomic mass is 32.1. The van der Waals surface area contributed by atoms with Gasteiger partial charge in [0.25, 0.3) is 5.91 Å². The molecule has 1 aromatic heterocycles. The minimum Gasteiger partial charge on any atom is -0.480 e. The number of aromatic nitrogens is 1. The van der Waals surface area contributed by atoms with E-state index in [-0.39, 0.29) is 18.8 Å². The summed E-state index contributed by atoms with van der Waals surface area (Å²) < 4.78 is 41.3.